The number of nitrogens with zero attached hydrogens (tertiary/aromatic N) is 1. The number of aliphatic hydroxyl groups excluding tert-OH is 1. The maximum Gasteiger partial charge on any atom is 0.309 e. The maximum atomic E-state index is 13.6. The lowest BCUT2D eigenvalue weighted by molar-refractivity contribution is -0.150. The Balaban J connectivity index is 1.53. The third-order valence-electron chi connectivity index (χ3n) is 7.49. The van der Waals surface area contributed by atoms with E-state index in [0.29, 0.717) is 32.2 Å². The molecule has 3 unspecified atom stereocenters. The second-order valence-corrected chi connectivity index (χ2v) is 10.8. The van der Waals surface area contributed by atoms with Gasteiger partial charge in [0.15, 0.2) is 0 Å². The van der Waals surface area contributed by atoms with E-state index in [1.54, 1.807) is 4.90 Å². The molecule has 0 saturated carbocycles. The smallest absolute Gasteiger partial charge is 0.309 e. The molecule has 0 bridgehead atoms. The van der Waals surface area contributed by atoms with E-state index in [1.807, 2.05) is 103 Å². The second-order valence-electron chi connectivity index (χ2n) is 10.8. The maximum absolute atomic E-state index is 13.6. The highest BCUT2D eigenvalue weighted by atomic mass is 16.5. The van der Waals surface area contributed by atoms with E-state index in [-0.39, 0.29) is 49.9 Å². The Labute approximate surface area is 248 Å². The fourth-order valence-corrected chi connectivity index (χ4v) is 5.19. The molecule has 4 rings (SSSR count). The number of hydrogen-bond donors (Lipinski definition) is 2. The average Bonchev–Trinajstić information content (AvgIpc) is 3.01. The van der Waals surface area contributed by atoms with Gasteiger partial charge in [0.05, 0.1) is 24.5 Å². The molecule has 0 saturated heterocycles. The van der Waals surface area contributed by atoms with Crippen LogP contribution in [0.2, 0.25) is 0 Å². The number of carbonyl (C=O) groups excluding carboxylic acids is 3. The normalized spacial score (nSPS) is 19.6. The Bertz CT molecular complexity index is 1300. The van der Waals surface area contributed by atoms with Crippen molar-refractivity contribution in [2.45, 2.75) is 44.7 Å². The van der Waals surface area contributed by atoms with Crippen molar-refractivity contribution in [2.75, 3.05) is 19.8 Å². The van der Waals surface area contributed by atoms with Gasteiger partial charge >= 0.3 is 5.97 Å². The fraction of sp³-hybridized carbons (Fsp3) is 0.343. The van der Waals surface area contributed by atoms with Gasteiger partial charge in [-0.3, -0.25) is 14.4 Å². The van der Waals surface area contributed by atoms with Crippen molar-refractivity contribution in [1.82, 2.24) is 10.2 Å². The SMILES string of the molecule is O=C1NC(Cc2ccccc2)COC(=O)C(Cc2ccccc2)CC=CCC1CC(=O)N(CCO)Cc1ccccc1. The van der Waals surface area contributed by atoms with E-state index in [0.717, 1.165) is 16.7 Å². The van der Waals surface area contributed by atoms with Gasteiger partial charge < -0.3 is 20.1 Å². The number of ether oxygens (including phenoxy) is 1. The van der Waals surface area contributed by atoms with Crippen molar-refractivity contribution in [2.24, 2.45) is 11.8 Å². The molecule has 0 fully saturated rings. The second kappa shape index (κ2) is 16.3. The number of hydrogen-bond acceptors (Lipinski definition) is 5. The Morgan fingerprint density at radius 3 is 1.93 bits per heavy atom. The van der Waals surface area contributed by atoms with Gasteiger partial charge in [-0.05, 0) is 42.4 Å². The van der Waals surface area contributed by atoms with Crippen LogP contribution in [0.3, 0.4) is 0 Å². The van der Waals surface area contributed by atoms with Gasteiger partial charge in [0.2, 0.25) is 11.8 Å². The first-order valence-corrected chi connectivity index (χ1v) is 14.6. The molecule has 0 spiro atoms. The van der Waals surface area contributed by atoms with E-state index >= 15 is 0 Å². The molecule has 0 aromatic heterocycles. The molecule has 220 valence electrons. The molecule has 42 heavy (non-hydrogen) atoms. The van der Waals surface area contributed by atoms with Crippen molar-refractivity contribution in [3.8, 4) is 0 Å². The van der Waals surface area contributed by atoms with Gasteiger partial charge in [-0.25, -0.2) is 0 Å². The van der Waals surface area contributed by atoms with Crippen LogP contribution in [0.4, 0.5) is 0 Å². The predicted molar refractivity (Wildman–Crippen MR) is 162 cm³/mol. The molecule has 0 radical (unpaired) electrons. The molecular weight excluding hydrogens is 528 g/mol. The van der Waals surface area contributed by atoms with E-state index in [4.69, 9.17) is 4.74 Å². The number of esters is 1. The molecule has 3 atom stereocenters. The Kier molecular flexibility index (Phi) is 11.9. The third-order valence-corrected chi connectivity index (χ3v) is 7.49. The first-order chi connectivity index (χ1) is 20.5. The average molecular weight is 569 g/mol. The predicted octanol–water partition coefficient (Wildman–Crippen LogP) is 4.49. The van der Waals surface area contributed by atoms with Gasteiger partial charge in [0.25, 0.3) is 0 Å². The zero-order valence-electron chi connectivity index (χ0n) is 23.9. The number of aliphatic hydroxyl groups is 1. The van der Waals surface area contributed by atoms with Crippen molar-refractivity contribution in [1.29, 1.82) is 0 Å². The number of carbonyl (C=O) groups is 3. The van der Waals surface area contributed by atoms with Crippen molar-refractivity contribution in [3.05, 3.63) is 120 Å². The zero-order valence-corrected chi connectivity index (χ0v) is 23.9. The van der Waals surface area contributed by atoms with Crippen molar-refractivity contribution in [3.63, 3.8) is 0 Å². The minimum Gasteiger partial charge on any atom is -0.463 e. The van der Waals surface area contributed by atoms with Crippen LogP contribution >= 0.6 is 0 Å². The molecule has 2 N–H and O–H groups in total. The summed E-state index contributed by atoms with van der Waals surface area (Å²) in [4.78, 5) is 41.8. The number of rotatable bonds is 10. The summed E-state index contributed by atoms with van der Waals surface area (Å²) in [5, 5.41) is 12.7. The molecule has 1 aliphatic rings. The Morgan fingerprint density at radius 1 is 0.786 bits per heavy atom. The summed E-state index contributed by atoms with van der Waals surface area (Å²) in [5.74, 6) is -1.70. The van der Waals surface area contributed by atoms with Gasteiger partial charge in [-0.2, -0.15) is 0 Å². The monoisotopic (exact) mass is 568 g/mol. The van der Waals surface area contributed by atoms with Gasteiger partial charge in [-0.15, -0.1) is 0 Å². The van der Waals surface area contributed by atoms with Crippen LogP contribution in [0.15, 0.2) is 103 Å². The molecule has 1 aliphatic heterocycles. The van der Waals surface area contributed by atoms with E-state index in [9.17, 15) is 19.5 Å². The zero-order chi connectivity index (χ0) is 29.6. The Morgan fingerprint density at radius 2 is 1.33 bits per heavy atom. The van der Waals surface area contributed by atoms with Gasteiger partial charge in [-0.1, -0.05) is 103 Å². The van der Waals surface area contributed by atoms with Crippen molar-refractivity contribution >= 4 is 17.8 Å². The first-order valence-electron chi connectivity index (χ1n) is 14.6. The van der Waals surface area contributed by atoms with Gasteiger partial charge in [0, 0.05) is 19.5 Å². The topological polar surface area (TPSA) is 95.9 Å². The number of nitrogens with one attached hydrogen (secondary N) is 1. The summed E-state index contributed by atoms with van der Waals surface area (Å²) in [5.41, 5.74) is 3.02. The number of allylic oxidation sites excluding steroid dienone is 2. The summed E-state index contributed by atoms with van der Waals surface area (Å²) in [6.07, 6.45) is 5.70. The molecule has 7 heteroatoms. The summed E-state index contributed by atoms with van der Waals surface area (Å²) >= 11 is 0. The van der Waals surface area contributed by atoms with Crippen molar-refractivity contribution < 1.29 is 24.2 Å². The number of cyclic esters (lactones) is 1. The Hall–Kier alpha value is -4.23. The summed E-state index contributed by atoms with van der Waals surface area (Å²) in [6, 6.07) is 28.8. The van der Waals surface area contributed by atoms with Crippen LogP contribution < -0.4 is 5.32 Å². The van der Waals surface area contributed by atoms with Crippen LogP contribution in [-0.4, -0.2) is 53.6 Å². The van der Waals surface area contributed by atoms with Crippen LogP contribution in [0.1, 0.15) is 36.0 Å². The first kappa shape index (κ1) is 30.7. The highest BCUT2D eigenvalue weighted by Crippen LogP contribution is 2.20. The van der Waals surface area contributed by atoms with Crippen LogP contribution in [0.25, 0.3) is 0 Å². The molecule has 2 amide bonds. The molecule has 3 aromatic carbocycles. The largest absolute Gasteiger partial charge is 0.463 e. The standard InChI is InChI=1S/C35H40N2O5/c38-21-20-37(25-29-16-8-3-9-17-29)33(39)24-30-18-10-11-19-31(22-27-12-4-1-5-13-27)35(41)42-26-32(36-34(30)40)23-28-14-6-2-7-15-28/h1-17,30-32,38H,18-26H2,(H,36,40). The minimum absolute atomic E-state index is 0.00823. The summed E-state index contributed by atoms with van der Waals surface area (Å²) in [7, 11) is 0. The molecule has 1 heterocycles. The summed E-state index contributed by atoms with van der Waals surface area (Å²) in [6.45, 7) is 0.423. The van der Waals surface area contributed by atoms with Crippen LogP contribution in [-0.2, 0) is 38.5 Å². The van der Waals surface area contributed by atoms with Crippen LogP contribution in [0, 0.1) is 11.8 Å². The number of amides is 2. The quantitative estimate of drug-likeness (QED) is 0.278. The highest BCUT2D eigenvalue weighted by molar-refractivity contribution is 5.86. The molecule has 7 nitrogen and oxygen atoms in total. The summed E-state index contributed by atoms with van der Waals surface area (Å²) < 4.78 is 5.80. The third kappa shape index (κ3) is 9.70. The lowest BCUT2D eigenvalue weighted by atomic mass is 9.94. The lowest BCUT2D eigenvalue weighted by Gasteiger charge is -2.26. The van der Waals surface area contributed by atoms with E-state index in [2.05, 4.69) is 5.32 Å². The molecule has 3 aromatic rings. The number of benzene rings is 3. The highest BCUT2D eigenvalue weighted by Gasteiger charge is 2.28. The fourth-order valence-electron chi connectivity index (χ4n) is 5.19. The van der Waals surface area contributed by atoms with E-state index in [1.165, 1.54) is 0 Å². The molecular formula is C35H40N2O5. The van der Waals surface area contributed by atoms with Crippen LogP contribution in [0.5, 0.6) is 0 Å². The minimum atomic E-state index is -0.605. The lowest BCUT2D eigenvalue weighted by Crippen LogP contribution is -2.45. The molecule has 0 aliphatic carbocycles. The van der Waals surface area contributed by atoms with E-state index < -0.39 is 12.0 Å². The van der Waals surface area contributed by atoms with Gasteiger partial charge in [0.1, 0.15) is 6.61 Å².